The second-order valence-electron chi connectivity index (χ2n) is 4.78. The van der Waals surface area contributed by atoms with Gasteiger partial charge in [0.1, 0.15) is 5.76 Å². The molecule has 0 radical (unpaired) electrons. The Morgan fingerprint density at radius 1 is 1.24 bits per heavy atom. The Morgan fingerprint density at radius 2 is 2.19 bits per heavy atom. The zero-order chi connectivity index (χ0) is 14.5. The third kappa shape index (κ3) is 3.56. The lowest BCUT2D eigenvalue weighted by Crippen LogP contribution is -2.20. The lowest BCUT2D eigenvalue weighted by Gasteiger charge is -2.09. The van der Waals surface area contributed by atoms with Gasteiger partial charge in [-0.25, -0.2) is 4.98 Å². The molecule has 3 aromatic rings. The minimum absolute atomic E-state index is 0.218. The highest BCUT2D eigenvalue weighted by Gasteiger charge is 2.08. The van der Waals surface area contributed by atoms with Crippen LogP contribution < -0.4 is 5.32 Å². The van der Waals surface area contributed by atoms with E-state index in [0.29, 0.717) is 0 Å². The molecule has 0 aromatic carbocycles. The second-order valence-corrected chi connectivity index (χ2v) is 5.73. The van der Waals surface area contributed by atoms with Crippen molar-refractivity contribution in [2.75, 3.05) is 6.54 Å². The van der Waals surface area contributed by atoms with Crippen LogP contribution in [0.5, 0.6) is 0 Å². The molecular formula is C16H17N3OS. The Hall–Kier alpha value is -1.98. The van der Waals surface area contributed by atoms with Crippen molar-refractivity contribution in [2.24, 2.45) is 0 Å². The normalized spacial score (nSPS) is 12.4. The summed E-state index contributed by atoms with van der Waals surface area (Å²) in [6, 6.07) is 9.99. The Bertz CT molecular complexity index is 664. The van der Waals surface area contributed by atoms with E-state index < -0.39 is 0 Å². The van der Waals surface area contributed by atoms with Crippen LogP contribution in [-0.2, 0) is 6.42 Å². The smallest absolute Gasteiger partial charge is 0.120 e. The topological polar surface area (TPSA) is 51.0 Å². The minimum atomic E-state index is 0.218. The molecule has 5 heteroatoms. The summed E-state index contributed by atoms with van der Waals surface area (Å²) in [6.07, 6.45) is 4.40. The number of hydrogen-bond acceptors (Lipinski definition) is 5. The quantitative estimate of drug-likeness (QED) is 0.754. The summed E-state index contributed by atoms with van der Waals surface area (Å²) < 4.78 is 5.38. The van der Waals surface area contributed by atoms with Gasteiger partial charge in [-0.2, -0.15) is 0 Å². The molecule has 3 aromatic heterocycles. The van der Waals surface area contributed by atoms with Gasteiger partial charge >= 0.3 is 0 Å². The van der Waals surface area contributed by atoms with E-state index in [1.54, 1.807) is 23.8 Å². The number of aromatic nitrogens is 2. The van der Waals surface area contributed by atoms with Crippen LogP contribution >= 0.6 is 11.3 Å². The fraction of sp³-hybridized carbons (Fsp3) is 0.250. The molecule has 0 saturated carbocycles. The van der Waals surface area contributed by atoms with E-state index in [9.17, 15) is 0 Å². The average molecular weight is 299 g/mol. The molecule has 1 atom stereocenters. The molecular weight excluding hydrogens is 282 g/mol. The zero-order valence-electron chi connectivity index (χ0n) is 11.8. The van der Waals surface area contributed by atoms with E-state index in [4.69, 9.17) is 4.42 Å². The summed E-state index contributed by atoms with van der Waals surface area (Å²) in [6.45, 7) is 2.97. The van der Waals surface area contributed by atoms with E-state index >= 15 is 0 Å². The second kappa shape index (κ2) is 6.65. The minimum Gasteiger partial charge on any atom is -0.468 e. The van der Waals surface area contributed by atoms with Crippen molar-refractivity contribution < 1.29 is 4.42 Å². The predicted molar refractivity (Wildman–Crippen MR) is 84.2 cm³/mol. The molecule has 3 rings (SSSR count). The van der Waals surface area contributed by atoms with Crippen molar-refractivity contribution >= 4 is 11.3 Å². The van der Waals surface area contributed by atoms with E-state index in [1.807, 2.05) is 30.3 Å². The molecule has 0 aliphatic rings. The van der Waals surface area contributed by atoms with Gasteiger partial charge in [0.2, 0.25) is 0 Å². The Balaban J connectivity index is 1.54. The number of nitrogens with one attached hydrogen (secondary N) is 1. The van der Waals surface area contributed by atoms with Crippen LogP contribution in [0.1, 0.15) is 23.7 Å². The van der Waals surface area contributed by atoms with Gasteiger partial charge in [0.25, 0.3) is 0 Å². The Morgan fingerprint density at radius 3 is 2.95 bits per heavy atom. The maximum atomic E-state index is 5.38. The first-order chi connectivity index (χ1) is 10.3. The van der Waals surface area contributed by atoms with Crippen molar-refractivity contribution in [3.05, 3.63) is 58.9 Å². The molecule has 0 unspecified atom stereocenters. The van der Waals surface area contributed by atoms with Crippen molar-refractivity contribution in [1.29, 1.82) is 0 Å². The fourth-order valence-corrected chi connectivity index (χ4v) is 2.88. The molecule has 1 N–H and O–H groups in total. The summed E-state index contributed by atoms with van der Waals surface area (Å²) in [4.78, 5) is 8.95. The number of hydrogen-bond donors (Lipinski definition) is 1. The highest BCUT2D eigenvalue weighted by atomic mass is 32.1. The third-order valence-electron chi connectivity index (χ3n) is 3.24. The SMILES string of the molecule is C[C@H](NCCc1nc(-c2ccccn2)cs1)c1ccco1. The summed E-state index contributed by atoms with van der Waals surface area (Å²) in [7, 11) is 0. The first-order valence-corrected chi connectivity index (χ1v) is 7.83. The Labute approximate surface area is 127 Å². The molecule has 0 aliphatic carbocycles. The van der Waals surface area contributed by atoms with Gasteiger partial charge in [0.15, 0.2) is 0 Å². The number of nitrogens with zero attached hydrogens (tertiary/aromatic N) is 2. The summed E-state index contributed by atoms with van der Waals surface area (Å²) in [5.41, 5.74) is 1.88. The zero-order valence-corrected chi connectivity index (χ0v) is 12.6. The van der Waals surface area contributed by atoms with Crippen LogP contribution in [0.4, 0.5) is 0 Å². The van der Waals surface area contributed by atoms with E-state index in [0.717, 1.165) is 35.1 Å². The van der Waals surface area contributed by atoms with E-state index in [2.05, 4.69) is 27.6 Å². The highest BCUT2D eigenvalue weighted by molar-refractivity contribution is 7.09. The maximum Gasteiger partial charge on any atom is 0.120 e. The summed E-state index contributed by atoms with van der Waals surface area (Å²) in [5, 5.41) is 6.62. The number of pyridine rings is 1. The maximum absolute atomic E-state index is 5.38. The molecule has 0 saturated heterocycles. The van der Waals surface area contributed by atoms with Crippen molar-refractivity contribution in [3.63, 3.8) is 0 Å². The molecule has 0 fully saturated rings. The first kappa shape index (κ1) is 14.0. The Kier molecular flexibility index (Phi) is 4.43. The largest absolute Gasteiger partial charge is 0.468 e. The van der Waals surface area contributed by atoms with Gasteiger partial charge in [-0.1, -0.05) is 6.07 Å². The van der Waals surface area contributed by atoms with Crippen molar-refractivity contribution in [3.8, 4) is 11.4 Å². The van der Waals surface area contributed by atoms with Gasteiger partial charge in [-0.3, -0.25) is 4.98 Å². The molecule has 21 heavy (non-hydrogen) atoms. The van der Waals surface area contributed by atoms with Gasteiger partial charge in [-0.05, 0) is 31.2 Å². The van der Waals surface area contributed by atoms with E-state index in [-0.39, 0.29) is 6.04 Å². The molecule has 0 amide bonds. The first-order valence-electron chi connectivity index (χ1n) is 6.95. The molecule has 108 valence electrons. The van der Waals surface area contributed by atoms with Crippen LogP contribution in [0, 0.1) is 0 Å². The number of thiazole rings is 1. The standard InChI is InChI=1S/C16H17N3OS/c1-12(15-6-4-10-20-15)17-9-7-16-19-14(11-21-16)13-5-2-3-8-18-13/h2-6,8,10-12,17H,7,9H2,1H3/t12-/m0/s1. The molecule has 0 spiro atoms. The van der Waals surface area contributed by atoms with Crippen LogP contribution in [0.3, 0.4) is 0 Å². The van der Waals surface area contributed by atoms with E-state index in [1.165, 1.54) is 0 Å². The predicted octanol–water partition coefficient (Wildman–Crippen LogP) is 3.69. The summed E-state index contributed by atoms with van der Waals surface area (Å²) in [5.74, 6) is 0.961. The van der Waals surface area contributed by atoms with Crippen molar-refractivity contribution in [2.45, 2.75) is 19.4 Å². The number of rotatable bonds is 6. The van der Waals surface area contributed by atoms with Crippen LogP contribution in [0.25, 0.3) is 11.4 Å². The van der Waals surface area contributed by atoms with Crippen molar-refractivity contribution in [1.82, 2.24) is 15.3 Å². The molecule has 4 nitrogen and oxygen atoms in total. The third-order valence-corrected chi connectivity index (χ3v) is 4.15. The lowest BCUT2D eigenvalue weighted by atomic mass is 10.2. The monoisotopic (exact) mass is 299 g/mol. The van der Waals surface area contributed by atoms with Crippen LogP contribution in [0.2, 0.25) is 0 Å². The highest BCUT2D eigenvalue weighted by Crippen LogP contribution is 2.20. The summed E-state index contributed by atoms with van der Waals surface area (Å²) >= 11 is 1.68. The van der Waals surface area contributed by atoms with Gasteiger partial charge in [0.05, 0.1) is 28.7 Å². The average Bonchev–Trinajstić information content (AvgIpc) is 3.20. The molecule has 3 heterocycles. The molecule has 0 bridgehead atoms. The lowest BCUT2D eigenvalue weighted by molar-refractivity contribution is 0.432. The van der Waals surface area contributed by atoms with Crippen LogP contribution in [0.15, 0.2) is 52.6 Å². The number of furan rings is 1. The van der Waals surface area contributed by atoms with Gasteiger partial charge < -0.3 is 9.73 Å². The fourth-order valence-electron chi connectivity index (χ4n) is 2.09. The van der Waals surface area contributed by atoms with Crippen LogP contribution in [-0.4, -0.2) is 16.5 Å². The van der Waals surface area contributed by atoms with Gasteiger partial charge in [-0.15, -0.1) is 11.3 Å². The molecule has 0 aliphatic heterocycles. The van der Waals surface area contributed by atoms with Gasteiger partial charge in [0, 0.05) is 24.5 Å².